The molecule has 2 rings (SSSR count). The van der Waals surface area contributed by atoms with Crippen molar-refractivity contribution in [3.05, 3.63) is 66.2 Å². The summed E-state index contributed by atoms with van der Waals surface area (Å²) < 4.78 is 0. The van der Waals surface area contributed by atoms with E-state index in [2.05, 4.69) is 67.6 Å². The first-order valence-electron chi connectivity index (χ1n) is 6.19. The van der Waals surface area contributed by atoms with Crippen molar-refractivity contribution in [3.8, 4) is 11.1 Å². The average molecular weight is 257 g/mol. The highest BCUT2D eigenvalue weighted by molar-refractivity contribution is 6.18. The fourth-order valence-electron chi connectivity index (χ4n) is 1.78. The van der Waals surface area contributed by atoms with E-state index in [1.54, 1.807) is 0 Å². The first-order chi connectivity index (χ1) is 8.79. The molecule has 0 nitrogen and oxygen atoms in total. The summed E-state index contributed by atoms with van der Waals surface area (Å²) in [6.07, 6.45) is 4.29. The van der Waals surface area contributed by atoms with Crippen LogP contribution in [0.2, 0.25) is 0 Å². The number of halogens is 1. The van der Waals surface area contributed by atoms with E-state index in [0.717, 1.165) is 0 Å². The van der Waals surface area contributed by atoms with Gasteiger partial charge < -0.3 is 0 Å². The third kappa shape index (κ3) is 3.48. The summed E-state index contributed by atoms with van der Waals surface area (Å²) in [5, 5.41) is 0. The number of benzene rings is 2. The number of hydrogen-bond acceptors (Lipinski definition) is 0. The predicted octanol–water partition coefficient (Wildman–Crippen LogP) is 5.24. The molecule has 0 spiro atoms. The Bertz CT molecular complexity index is 514. The summed E-state index contributed by atoms with van der Waals surface area (Å²) in [7, 11) is 0. The summed E-state index contributed by atoms with van der Waals surface area (Å²) in [4.78, 5) is 0. The topological polar surface area (TPSA) is 0 Å². The van der Waals surface area contributed by atoms with E-state index in [1.807, 2.05) is 6.07 Å². The van der Waals surface area contributed by atoms with Gasteiger partial charge >= 0.3 is 0 Å². The molecular formula is C17H17Cl. The summed E-state index contributed by atoms with van der Waals surface area (Å²) in [6.45, 7) is 2.12. The number of rotatable bonds is 4. The Hall–Kier alpha value is -1.53. The van der Waals surface area contributed by atoms with Crippen molar-refractivity contribution in [1.82, 2.24) is 0 Å². The number of allylic oxidation sites excluding steroid dienone is 1. The van der Waals surface area contributed by atoms with Crippen LogP contribution in [-0.4, -0.2) is 5.88 Å². The summed E-state index contributed by atoms with van der Waals surface area (Å²) in [5.41, 5.74) is 3.71. The second-order valence-corrected chi connectivity index (χ2v) is 4.79. The van der Waals surface area contributed by atoms with E-state index in [4.69, 9.17) is 11.6 Å². The molecule has 1 atom stereocenters. The Morgan fingerprint density at radius 1 is 1.00 bits per heavy atom. The molecule has 1 unspecified atom stereocenters. The van der Waals surface area contributed by atoms with Crippen LogP contribution in [0.4, 0.5) is 0 Å². The van der Waals surface area contributed by atoms with Crippen molar-refractivity contribution in [2.24, 2.45) is 5.92 Å². The highest BCUT2D eigenvalue weighted by Crippen LogP contribution is 2.20. The zero-order valence-corrected chi connectivity index (χ0v) is 11.3. The highest BCUT2D eigenvalue weighted by atomic mass is 35.5. The lowest BCUT2D eigenvalue weighted by Crippen LogP contribution is -1.88. The standard InChI is InChI=1S/C17H17Cl/c1-14(13-18)10-11-15-6-5-9-17(12-15)16-7-3-2-4-8-16/h2-12,14H,13H2,1H3/b11-10+. The Morgan fingerprint density at radius 3 is 2.44 bits per heavy atom. The van der Waals surface area contributed by atoms with Gasteiger partial charge in [0.25, 0.3) is 0 Å². The van der Waals surface area contributed by atoms with Crippen molar-refractivity contribution in [2.75, 3.05) is 5.88 Å². The van der Waals surface area contributed by atoms with E-state index in [-0.39, 0.29) is 0 Å². The SMILES string of the molecule is CC(/C=C/c1cccc(-c2ccccc2)c1)CCl. The third-order valence-corrected chi connectivity index (χ3v) is 3.34. The van der Waals surface area contributed by atoms with E-state index >= 15 is 0 Å². The monoisotopic (exact) mass is 256 g/mol. The van der Waals surface area contributed by atoms with Crippen molar-refractivity contribution in [2.45, 2.75) is 6.92 Å². The minimum absolute atomic E-state index is 0.409. The first-order valence-corrected chi connectivity index (χ1v) is 6.72. The van der Waals surface area contributed by atoms with Crippen LogP contribution in [0, 0.1) is 5.92 Å². The van der Waals surface area contributed by atoms with Gasteiger partial charge in [0.2, 0.25) is 0 Å². The maximum atomic E-state index is 5.79. The molecule has 0 heterocycles. The van der Waals surface area contributed by atoms with Gasteiger partial charge in [-0.25, -0.2) is 0 Å². The summed E-state index contributed by atoms with van der Waals surface area (Å²) in [6, 6.07) is 19.0. The van der Waals surface area contributed by atoms with E-state index in [9.17, 15) is 0 Å². The fraction of sp³-hybridized carbons (Fsp3) is 0.176. The van der Waals surface area contributed by atoms with Crippen molar-refractivity contribution < 1.29 is 0 Å². The maximum Gasteiger partial charge on any atom is 0.0283 e. The second-order valence-electron chi connectivity index (χ2n) is 4.48. The van der Waals surface area contributed by atoms with Gasteiger partial charge in [-0.2, -0.15) is 0 Å². The molecule has 0 aliphatic heterocycles. The maximum absolute atomic E-state index is 5.79. The molecule has 18 heavy (non-hydrogen) atoms. The van der Waals surface area contributed by atoms with Gasteiger partial charge in [0, 0.05) is 5.88 Å². The third-order valence-electron chi connectivity index (χ3n) is 2.85. The van der Waals surface area contributed by atoms with E-state index < -0.39 is 0 Å². The van der Waals surface area contributed by atoms with Crippen LogP contribution in [-0.2, 0) is 0 Å². The molecule has 0 bridgehead atoms. The van der Waals surface area contributed by atoms with Gasteiger partial charge in [0.05, 0.1) is 0 Å². The number of alkyl halides is 1. The van der Waals surface area contributed by atoms with Gasteiger partial charge in [-0.1, -0.05) is 67.6 Å². The molecule has 2 aromatic carbocycles. The molecule has 92 valence electrons. The molecule has 1 heteroatoms. The van der Waals surface area contributed by atoms with Gasteiger partial charge in [0.15, 0.2) is 0 Å². The van der Waals surface area contributed by atoms with Gasteiger partial charge in [0.1, 0.15) is 0 Å². The highest BCUT2D eigenvalue weighted by Gasteiger charge is 1.97. The zero-order chi connectivity index (χ0) is 12.8. The average Bonchev–Trinajstić information content (AvgIpc) is 2.46. The second kappa shape index (κ2) is 6.42. The lowest BCUT2D eigenvalue weighted by Gasteiger charge is -2.03. The van der Waals surface area contributed by atoms with E-state index in [1.165, 1.54) is 16.7 Å². The summed E-state index contributed by atoms with van der Waals surface area (Å²) >= 11 is 5.79. The lowest BCUT2D eigenvalue weighted by molar-refractivity contribution is 0.846. The minimum atomic E-state index is 0.409. The van der Waals surface area contributed by atoms with Crippen LogP contribution in [0.15, 0.2) is 60.7 Å². The zero-order valence-electron chi connectivity index (χ0n) is 10.5. The first kappa shape index (κ1) is 12.9. The largest absolute Gasteiger partial charge is 0.126 e. The lowest BCUT2D eigenvalue weighted by atomic mass is 10.0. The van der Waals surface area contributed by atoms with Crippen LogP contribution in [0.3, 0.4) is 0 Å². The predicted molar refractivity (Wildman–Crippen MR) is 80.8 cm³/mol. The Labute approximate surface area is 114 Å². The Balaban J connectivity index is 2.23. The van der Waals surface area contributed by atoms with Crippen LogP contribution < -0.4 is 0 Å². The van der Waals surface area contributed by atoms with Gasteiger partial charge in [-0.15, -0.1) is 11.6 Å². The molecule has 0 aromatic heterocycles. The summed E-state index contributed by atoms with van der Waals surface area (Å²) in [5.74, 6) is 1.07. The molecule has 0 radical (unpaired) electrons. The van der Waals surface area contributed by atoms with E-state index in [0.29, 0.717) is 11.8 Å². The molecule has 0 aliphatic rings. The minimum Gasteiger partial charge on any atom is -0.126 e. The molecule has 0 saturated heterocycles. The fourth-order valence-corrected chi connectivity index (χ4v) is 1.88. The van der Waals surface area contributed by atoms with Crippen LogP contribution in [0.5, 0.6) is 0 Å². The van der Waals surface area contributed by atoms with Gasteiger partial charge in [-0.3, -0.25) is 0 Å². The molecule has 0 fully saturated rings. The molecule has 0 N–H and O–H groups in total. The van der Waals surface area contributed by atoms with Crippen LogP contribution >= 0.6 is 11.6 Å². The smallest absolute Gasteiger partial charge is 0.0283 e. The molecule has 0 amide bonds. The van der Waals surface area contributed by atoms with Crippen molar-refractivity contribution >= 4 is 17.7 Å². The Morgan fingerprint density at radius 2 is 1.72 bits per heavy atom. The Kier molecular flexibility index (Phi) is 4.60. The molecule has 2 aromatic rings. The number of hydrogen-bond donors (Lipinski definition) is 0. The van der Waals surface area contributed by atoms with Crippen molar-refractivity contribution in [1.29, 1.82) is 0 Å². The normalized spacial score (nSPS) is 12.8. The quantitative estimate of drug-likeness (QED) is 0.656. The molecular weight excluding hydrogens is 240 g/mol. The van der Waals surface area contributed by atoms with Gasteiger partial charge in [-0.05, 0) is 28.7 Å². The van der Waals surface area contributed by atoms with Crippen molar-refractivity contribution in [3.63, 3.8) is 0 Å². The van der Waals surface area contributed by atoms with Crippen LogP contribution in [0.1, 0.15) is 12.5 Å². The molecule has 0 aliphatic carbocycles. The van der Waals surface area contributed by atoms with Crippen LogP contribution in [0.25, 0.3) is 17.2 Å². The molecule has 0 saturated carbocycles.